The first kappa shape index (κ1) is 15.0. The molecule has 2 amide bonds. The van der Waals surface area contributed by atoms with E-state index in [4.69, 9.17) is 5.26 Å². The predicted molar refractivity (Wildman–Crippen MR) is 75.9 cm³/mol. The van der Waals surface area contributed by atoms with Crippen molar-refractivity contribution in [3.63, 3.8) is 0 Å². The molecule has 19 heavy (non-hydrogen) atoms. The molecule has 1 rings (SSSR count). The Kier molecular flexibility index (Phi) is 5.83. The van der Waals surface area contributed by atoms with Crippen molar-refractivity contribution in [1.82, 2.24) is 10.2 Å². The quantitative estimate of drug-likeness (QED) is 0.851. The van der Waals surface area contributed by atoms with Gasteiger partial charge in [0.15, 0.2) is 0 Å². The van der Waals surface area contributed by atoms with Crippen LogP contribution in [0.2, 0.25) is 0 Å². The van der Waals surface area contributed by atoms with E-state index in [2.05, 4.69) is 15.5 Å². The molecule has 0 aromatic heterocycles. The molecule has 0 aliphatic rings. The minimum absolute atomic E-state index is 0.0802. The molecule has 102 valence electrons. The van der Waals surface area contributed by atoms with Gasteiger partial charge in [0.05, 0.1) is 11.3 Å². The largest absolute Gasteiger partial charge is 0.335 e. The molecule has 0 fully saturated rings. The van der Waals surface area contributed by atoms with Crippen LogP contribution in [0, 0.1) is 11.3 Å². The van der Waals surface area contributed by atoms with Crippen molar-refractivity contribution in [1.29, 1.82) is 5.26 Å². The first-order valence-corrected chi connectivity index (χ1v) is 6.24. The zero-order chi connectivity index (χ0) is 14.3. The van der Waals surface area contributed by atoms with Crippen LogP contribution in [0.25, 0.3) is 0 Å². The molecular formula is C14H20N4O. The third-order valence-electron chi connectivity index (χ3n) is 2.68. The highest BCUT2D eigenvalue weighted by Gasteiger charge is 2.09. The van der Waals surface area contributed by atoms with E-state index in [9.17, 15) is 4.79 Å². The summed E-state index contributed by atoms with van der Waals surface area (Å²) in [5.74, 6) is 0. The highest BCUT2D eigenvalue weighted by atomic mass is 16.2. The molecule has 0 spiro atoms. The maximum Gasteiger partial charge on any atom is 0.319 e. The lowest BCUT2D eigenvalue weighted by atomic mass is 10.2. The van der Waals surface area contributed by atoms with Crippen LogP contribution in [0.15, 0.2) is 24.3 Å². The summed E-state index contributed by atoms with van der Waals surface area (Å²) >= 11 is 0. The summed E-state index contributed by atoms with van der Waals surface area (Å²) in [5, 5.41) is 14.5. The van der Waals surface area contributed by atoms with E-state index >= 15 is 0 Å². The number of nitrogens with zero attached hydrogens (tertiary/aromatic N) is 2. The Bertz CT molecular complexity index is 465. The molecule has 0 saturated heterocycles. The maximum atomic E-state index is 11.8. The second-order valence-corrected chi connectivity index (χ2v) is 4.75. The highest BCUT2D eigenvalue weighted by molar-refractivity contribution is 5.90. The second kappa shape index (κ2) is 7.39. The van der Waals surface area contributed by atoms with Gasteiger partial charge < -0.3 is 15.5 Å². The van der Waals surface area contributed by atoms with Crippen LogP contribution in [0.3, 0.4) is 0 Å². The summed E-state index contributed by atoms with van der Waals surface area (Å²) in [6.07, 6.45) is 0.875. The lowest BCUT2D eigenvalue weighted by molar-refractivity contribution is 0.247. The fourth-order valence-electron chi connectivity index (χ4n) is 1.60. The van der Waals surface area contributed by atoms with E-state index in [1.165, 1.54) is 0 Å². The predicted octanol–water partition coefficient (Wildman–Crippen LogP) is 2.02. The van der Waals surface area contributed by atoms with Crippen molar-refractivity contribution in [2.75, 3.05) is 26.0 Å². The van der Waals surface area contributed by atoms with Gasteiger partial charge in [-0.25, -0.2) is 4.79 Å². The number of benzene rings is 1. The number of rotatable bonds is 5. The number of carbonyl (C=O) groups is 1. The third kappa shape index (κ3) is 5.40. The van der Waals surface area contributed by atoms with Crippen LogP contribution in [0.5, 0.6) is 0 Å². The van der Waals surface area contributed by atoms with Crippen LogP contribution < -0.4 is 10.6 Å². The Balaban J connectivity index is 2.49. The number of para-hydroxylation sites is 1. The lowest BCUT2D eigenvalue weighted by Crippen LogP contribution is -2.37. The Hall–Kier alpha value is -2.06. The van der Waals surface area contributed by atoms with E-state index < -0.39 is 0 Å². The molecule has 5 heteroatoms. The van der Waals surface area contributed by atoms with Gasteiger partial charge in [0, 0.05) is 6.04 Å². The molecule has 1 unspecified atom stereocenters. The highest BCUT2D eigenvalue weighted by Crippen LogP contribution is 2.13. The molecule has 0 radical (unpaired) electrons. The molecular weight excluding hydrogens is 240 g/mol. The Labute approximate surface area is 114 Å². The average molecular weight is 260 g/mol. The van der Waals surface area contributed by atoms with E-state index in [0.717, 1.165) is 13.0 Å². The molecule has 0 bridgehead atoms. The van der Waals surface area contributed by atoms with Crippen molar-refractivity contribution in [2.24, 2.45) is 0 Å². The minimum Gasteiger partial charge on any atom is -0.335 e. The van der Waals surface area contributed by atoms with Crippen molar-refractivity contribution in [3.05, 3.63) is 29.8 Å². The molecule has 5 nitrogen and oxygen atoms in total. The van der Waals surface area contributed by atoms with Gasteiger partial charge in [0.25, 0.3) is 0 Å². The fraction of sp³-hybridized carbons (Fsp3) is 0.429. The number of amides is 2. The summed E-state index contributed by atoms with van der Waals surface area (Å²) in [6, 6.07) is 8.77. The van der Waals surface area contributed by atoms with Crippen molar-refractivity contribution in [2.45, 2.75) is 19.4 Å². The van der Waals surface area contributed by atoms with E-state index in [0.29, 0.717) is 11.3 Å². The Morgan fingerprint density at radius 1 is 1.42 bits per heavy atom. The van der Waals surface area contributed by atoms with Crippen molar-refractivity contribution < 1.29 is 4.79 Å². The second-order valence-electron chi connectivity index (χ2n) is 4.75. The molecule has 0 aliphatic carbocycles. The SMILES string of the molecule is CC(CCN(C)C)NC(=O)Nc1ccccc1C#N. The number of anilines is 1. The van der Waals surface area contributed by atoms with Gasteiger partial charge in [-0.3, -0.25) is 0 Å². The zero-order valence-electron chi connectivity index (χ0n) is 11.6. The summed E-state index contributed by atoms with van der Waals surface area (Å²) in [6.45, 7) is 2.87. The van der Waals surface area contributed by atoms with Crippen molar-refractivity contribution in [3.8, 4) is 6.07 Å². The summed E-state index contributed by atoms with van der Waals surface area (Å²) in [4.78, 5) is 13.9. The molecule has 1 atom stereocenters. The Morgan fingerprint density at radius 3 is 2.74 bits per heavy atom. The third-order valence-corrected chi connectivity index (χ3v) is 2.68. The van der Waals surface area contributed by atoms with Gasteiger partial charge in [0.2, 0.25) is 0 Å². The van der Waals surface area contributed by atoms with Crippen LogP contribution in [-0.4, -0.2) is 37.6 Å². The summed E-state index contributed by atoms with van der Waals surface area (Å²) in [5.41, 5.74) is 0.987. The molecule has 0 aliphatic heterocycles. The number of hydrogen-bond donors (Lipinski definition) is 2. The average Bonchev–Trinajstić information content (AvgIpc) is 2.37. The van der Waals surface area contributed by atoms with E-state index in [-0.39, 0.29) is 12.1 Å². The molecule has 0 heterocycles. The first-order valence-electron chi connectivity index (χ1n) is 6.24. The van der Waals surface area contributed by atoms with Gasteiger partial charge in [-0.2, -0.15) is 5.26 Å². The first-order chi connectivity index (χ1) is 9.02. The maximum absolute atomic E-state index is 11.8. The lowest BCUT2D eigenvalue weighted by Gasteiger charge is -2.17. The fourth-order valence-corrected chi connectivity index (χ4v) is 1.60. The number of carbonyl (C=O) groups excluding carboxylic acids is 1. The van der Waals surface area contributed by atoms with Gasteiger partial charge in [-0.05, 0) is 46.1 Å². The topological polar surface area (TPSA) is 68.2 Å². The molecule has 1 aromatic rings. The Morgan fingerprint density at radius 2 is 2.11 bits per heavy atom. The van der Waals surface area contributed by atoms with E-state index in [1.807, 2.05) is 27.1 Å². The number of urea groups is 1. The monoisotopic (exact) mass is 260 g/mol. The number of nitrogens with one attached hydrogen (secondary N) is 2. The van der Waals surface area contributed by atoms with Crippen LogP contribution >= 0.6 is 0 Å². The van der Waals surface area contributed by atoms with Crippen LogP contribution in [0.4, 0.5) is 10.5 Å². The van der Waals surface area contributed by atoms with E-state index in [1.54, 1.807) is 24.3 Å². The van der Waals surface area contributed by atoms with Gasteiger partial charge >= 0.3 is 6.03 Å². The number of hydrogen-bond acceptors (Lipinski definition) is 3. The molecule has 1 aromatic carbocycles. The normalized spacial score (nSPS) is 11.7. The zero-order valence-corrected chi connectivity index (χ0v) is 11.6. The molecule has 2 N–H and O–H groups in total. The summed E-state index contributed by atoms with van der Waals surface area (Å²) in [7, 11) is 3.99. The smallest absolute Gasteiger partial charge is 0.319 e. The van der Waals surface area contributed by atoms with Crippen LogP contribution in [0.1, 0.15) is 18.9 Å². The number of nitriles is 1. The van der Waals surface area contributed by atoms with Gasteiger partial charge in [-0.15, -0.1) is 0 Å². The molecule has 0 saturated carbocycles. The van der Waals surface area contributed by atoms with Crippen LogP contribution in [-0.2, 0) is 0 Å². The van der Waals surface area contributed by atoms with Gasteiger partial charge in [-0.1, -0.05) is 12.1 Å². The summed E-state index contributed by atoms with van der Waals surface area (Å²) < 4.78 is 0. The van der Waals surface area contributed by atoms with Crippen molar-refractivity contribution >= 4 is 11.7 Å². The minimum atomic E-state index is -0.283. The standard InChI is InChI=1S/C14H20N4O/c1-11(8-9-18(2)3)16-14(19)17-13-7-5-4-6-12(13)10-15/h4-7,11H,8-9H2,1-3H3,(H2,16,17,19). The van der Waals surface area contributed by atoms with Gasteiger partial charge in [0.1, 0.15) is 6.07 Å².